The molecule has 4 N–H and O–H groups in total. The quantitative estimate of drug-likeness (QED) is 0.194. The predicted octanol–water partition coefficient (Wildman–Crippen LogP) is -5.02. The zero-order valence-electron chi connectivity index (χ0n) is 14.2. The Labute approximate surface area is 169 Å². The van der Waals surface area contributed by atoms with Crippen LogP contribution < -0.4 is 51.0 Å². The SMILES string of the molecule is C[C@@H]1NC(=O)[C@H]1NC(=O)/C(=N\OC(C)(C)C(=O)[O-])c1csc(N)n1.[Na+]. The molecule has 0 aliphatic carbocycles. The molecular weight excluding hydrogens is 361 g/mol. The van der Waals surface area contributed by atoms with Gasteiger partial charge in [0.2, 0.25) is 5.91 Å². The second-order valence-electron chi connectivity index (χ2n) is 5.65. The van der Waals surface area contributed by atoms with Crippen molar-refractivity contribution in [3.8, 4) is 0 Å². The molecule has 2 rings (SSSR count). The van der Waals surface area contributed by atoms with Crippen LogP contribution in [-0.4, -0.2) is 46.2 Å². The third kappa shape index (κ3) is 4.91. The second-order valence-corrected chi connectivity index (χ2v) is 6.54. The first kappa shape index (κ1) is 21.4. The third-order valence-corrected chi connectivity index (χ3v) is 3.95. The Morgan fingerprint density at radius 2 is 2.16 bits per heavy atom. The number of oxime groups is 1. The number of anilines is 1. The van der Waals surface area contributed by atoms with Crippen molar-refractivity contribution in [1.29, 1.82) is 0 Å². The maximum Gasteiger partial charge on any atom is 1.00 e. The minimum absolute atomic E-state index is 0. The van der Waals surface area contributed by atoms with Crippen LogP contribution in [0.3, 0.4) is 0 Å². The standard InChI is InChI=1S/C13H17N5O5S.Na/c1-5-7(9(19)15-5)17-10(20)8(6-4-24-12(14)16-6)18-23-13(2,3)11(21)22;/h4-5,7H,1-3H3,(H2,14,16)(H,15,19)(H,17,20)(H,21,22);/q;+1/p-1/b18-8-;/t5-,7-;/m0./s1. The van der Waals surface area contributed by atoms with Crippen molar-refractivity contribution >= 4 is 40.0 Å². The summed E-state index contributed by atoms with van der Waals surface area (Å²) in [5.41, 5.74) is 3.61. The summed E-state index contributed by atoms with van der Waals surface area (Å²) in [6.45, 7) is 4.16. The van der Waals surface area contributed by atoms with Crippen molar-refractivity contribution in [2.24, 2.45) is 5.16 Å². The number of amides is 2. The van der Waals surface area contributed by atoms with Crippen LogP contribution in [0.5, 0.6) is 0 Å². The van der Waals surface area contributed by atoms with Crippen LogP contribution in [-0.2, 0) is 19.2 Å². The number of rotatable bonds is 6. The normalized spacial score (nSPS) is 20.0. The van der Waals surface area contributed by atoms with Crippen molar-refractivity contribution in [3.63, 3.8) is 0 Å². The minimum Gasteiger partial charge on any atom is -0.546 e. The van der Waals surface area contributed by atoms with Gasteiger partial charge in [-0.25, -0.2) is 4.98 Å². The summed E-state index contributed by atoms with van der Waals surface area (Å²) in [5, 5.41) is 21.3. The summed E-state index contributed by atoms with van der Waals surface area (Å²) < 4.78 is 0. The summed E-state index contributed by atoms with van der Waals surface area (Å²) in [6.07, 6.45) is 0. The fourth-order valence-electron chi connectivity index (χ4n) is 1.73. The van der Waals surface area contributed by atoms with Crippen LogP contribution in [0, 0.1) is 0 Å². The number of hydrogen-bond donors (Lipinski definition) is 3. The van der Waals surface area contributed by atoms with E-state index in [0.717, 1.165) is 11.3 Å². The number of β-lactam (4-membered cyclic amide) rings is 1. The number of nitrogens with two attached hydrogens (primary N) is 1. The van der Waals surface area contributed by atoms with Gasteiger partial charge in [0, 0.05) is 5.38 Å². The molecule has 1 aromatic heterocycles. The molecule has 1 aliphatic rings. The maximum absolute atomic E-state index is 12.4. The van der Waals surface area contributed by atoms with Gasteiger partial charge in [0.25, 0.3) is 5.91 Å². The number of nitrogens with zero attached hydrogens (tertiary/aromatic N) is 2. The van der Waals surface area contributed by atoms with E-state index < -0.39 is 23.5 Å². The van der Waals surface area contributed by atoms with Crippen molar-refractivity contribution in [2.75, 3.05) is 5.73 Å². The van der Waals surface area contributed by atoms with Gasteiger partial charge < -0.3 is 31.1 Å². The number of thiazole rings is 1. The number of nitrogens with one attached hydrogen (secondary N) is 2. The number of nitrogen functional groups attached to an aromatic ring is 1. The van der Waals surface area contributed by atoms with Crippen LogP contribution in [0.25, 0.3) is 0 Å². The van der Waals surface area contributed by atoms with Crippen LogP contribution in [0.4, 0.5) is 5.13 Å². The summed E-state index contributed by atoms with van der Waals surface area (Å²) in [5.74, 6) is -2.57. The van der Waals surface area contributed by atoms with Crippen LogP contribution in [0.2, 0.25) is 0 Å². The van der Waals surface area contributed by atoms with Gasteiger partial charge in [0.05, 0.1) is 12.0 Å². The Morgan fingerprint density at radius 3 is 2.60 bits per heavy atom. The molecule has 2 heterocycles. The average Bonchev–Trinajstić information content (AvgIpc) is 2.91. The number of carbonyl (C=O) groups excluding carboxylic acids is 3. The van der Waals surface area contributed by atoms with Crippen molar-refractivity contribution in [1.82, 2.24) is 15.6 Å². The molecule has 0 bridgehead atoms. The van der Waals surface area contributed by atoms with Crippen LogP contribution in [0.1, 0.15) is 26.5 Å². The van der Waals surface area contributed by atoms with E-state index in [1.54, 1.807) is 6.92 Å². The molecule has 1 aliphatic heterocycles. The van der Waals surface area contributed by atoms with Gasteiger partial charge in [-0.1, -0.05) is 5.16 Å². The van der Waals surface area contributed by atoms with E-state index >= 15 is 0 Å². The molecular formula is C13H16N5NaO5S. The summed E-state index contributed by atoms with van der Waals surface area (Å²) in [6, 6.07) is -0.948. The molecule has 1 saturated heterocycles. The van der Waals surface area contributed by atoms with Gasteiger partial charge >= 0.3 is 29.6 Å². The number of aliphatic carboxylic acids is 1. The first-order chi connectivity index (χ1) is 11.1. The largest absolute Gasteiger partial charge is 1.00 e. The number of carbonyl (C=O) groups is 3. The van der Waals surface area contributed by atoms with Gasteiger partial charge in [-0.15, -0.1) is 11.3 Å². The molecule has 0 unspecified atom stereocenters. The smallest absolute Gasteiger partial charge is 0.546 e. The van der Waals surface area contributed by atoms with E-state index in [9.17, 15) is 19.5 Å². The molecule has 25 heavy (non-hydrogen) atoms. The first-order valence-corrected chi connectivity index (χ1v) is 7.80. The Balaban J connectivity index is 0.00000312. The fourth-order valence-corrected chi connectivity index (χ4v) is 2.27. The second kappa shape index (κ2) is 8.13. The van der Waals surface area contributed by atoms with Gasteiger partial charge in [0.1, 0.15) is 11.7 Å². The summed E-state index contributed by atoms with van der Waals surface area (Å²) >= 11 is 1.07. The molecule has 0 saturated carbocycles. The molecule has 0 spiro atoms. The van der Waals surface area contributed by atoms with E-state index in [1.807, 2.05) is 0 Å². The maximum atomic E-state index is 12.4. The first-order valence-electron chi connectivity index (χ1n) is 6.92. The topological polar surface area (TPSA) is 159 Å². The molecule has 1 aromatic rings. The minimum atomic E-state index is -1.76. The monoisotopic (exact) mass is 377 g/mol. The average molecular weight is 377 g/mol. The number of carboxylic acid groups (broad SMARTS) is 1. The number of carboxylic acids is 1. The Bertz CT molecular complexity index is 719. The van der Waals surface area contributed by atoms with Gasteiger partial charge in [0.15, 0.2) is 16.4 Å². The van der Waals surface area contributed by atoms with Crippen molar-refractivity contribution in [2.45, 2.75) is 38.5 Å². The van der Waals surface area contributed by atoms with E-state index in [4.69, 9.17) is 10.6 Å². The fraction of sp³-hybridized carbons (Fsp3) is 0.462. The van der Waals surface area contributed by atoms with Crippen LogP contribution >= 0.6 is 11.3 Å². The van der Waals surface area contributed by atoms with E-state index in [1.165, 1.54) is 19.2 Å². The van der Waals surface area contributed by atoms with E-state index in [-0.39, 0.29) is 58.0 Å². The van der Waals surface area contributed by atoms with Crippen LogP contribution in [0.15, 0.2) is 10.5 Å². The molecule has 2 atom stereocenters. The zero-order valence-corrected chi connectivity index (χ0v) is 17.0. The van der Waals surface area contributed by atoms with Gasteiger partial charge in [-0.3, -0.25) is 9.59 Å². The van der Waals surface area contributed by atoms with Gasteiger partial charge in [-0.2, -0.15) is 0 Å². The summed E-state index contributed by atoms with van der Waals surface area (Å²) in [7, 11) is 0. The number of hydrogen-bond acceptors (Lipinski definition) is 9. The Hall–Kier alpha value is -1.69. The molecule has 0 aromatic carbocycles. The zero-order chi connectivity index (χ0) is 18.1. The Morgan fingerprint density at radius 1 is 1.52 bits per heavy atom. The number of aromatic nitrogens is 1. The van der Waals surface area contributed by atoms with Crippen molar-refractivity contribution < 1.29 is 53.9 Å². The van der Waals surface area contributed by atoms with E-state index in [2.05, 4.69) is 20.8 Å². The predicted molar refractivity (Wildman–Crippen MR) is 82.8 cm³/mol. The molecule has 130 valence electrons. The molecule has 0 radical (unpaired) electrons. The molecule has 2 amide bonds. The molecule has 1 fully saturated rings. The Kier molecular flexibility index (Phi) is 6.94. The molecule has 10 nitrogen and oxygen atoms in total. The van der Waals surface area contributed by atoms with Crippen molar-refractivity contribution in [3.05, 3.63) is 11.1 Å². The summed E-state index contributed by atoms with van der Waals surface area (Å²) in [4.78, 5) is 43.6. The molecule has 12 heteroatoms. The third-order valence-electron chi connectivity index (χ3n) is 3.28. The van der Waals surface area contributed by atoms with Gasteiger partial charge in [-0.05, 0) is 20.8 Å². The van der Waals surface area contributed by atoms with E-state index in [0.29, 0.717) is 0 Å².